The molecule has 0 atom stereocenters. The average molecular weight is 479 g/mol. The number of rotatable bonds is 7. The number of nitrogens with zero attached hydrogens (tertiary/aromatic N) is 1. The Bertz CT molecular complexity index is 1210. The van der Waals surface area contributed by atoms with Crippen LogP contribution in [0.2, 0.25) is 5.02 Å². The molecule has 5 nitrogen and oxygen atoms in total. The Morgan fingerprint density at radius 1 is 1.06 bits per heavy atom. The van der Waals surface area contributed by atoms with E-state index in [9.17, 15) is 4.79 Å². The van der Waals surface area contributed by atoms with Crippen LogP contribution in [0.5, 0.6) is 11.5 Å². The molecule has 1 aliphatic rings. The number of benzene rings is 3. The first-order valence-corrected chi connectivity index (χ1v) is 11.7. The lowest BCUT2D eigenvalue weighted by Crippen LogP contribution is -2.19. The molecule has 0 unspecified atom stereocenters. The van der Waals surface area contributed by atoms with Gasteiger partial charge in [0.15, 0.2) is 16.7 Å². The van der Waals surface area contributed by atoms with E-state index < -0.39 is 0 Å². The number of amides is 1. The summed E-state index contributed by atoms with van der Waals surface area (Å²) in [6.45, 7) is 2.48. The van der Waals surface area contributed by atoms with E-state index in [2.05, 4.69) is 17.2 Å². The standard InChI is InChI=1S/C26H23ClN2O3S/c1-3-17-9-11-20(12-10-17)28-26-29-25(30)23(33-26)15-19-13-21(27)24(22(14-19)31-2)32-16-18-7-5-4-6-8-18/h4-15H,3,16H2,1-2H3,(H,28,29,30)/b23-15-. The maximum absolute atomic E-state index is 12.5. The molecule has 168 valence electrons. The molecule has 0 bridgehead atoms. The highest BCUT2D eigenvalue weighted by Crippen LogP contribution is 2.38. The summed E-state index contributed by atoms with van der Waals surface area (Å²) >= 11 is 7.78. The van der Waals surface area contributed by atoms with Gasteiger partial charge in [-0.3, -0.25) is 4.79 Å². The van der Waals surface area contributed by atoms with Crippen LogP contribution in [0, 0.1) is 0 Å². The summed E-state index contributed by atoms with van der Waals surface area (Å²) in [7, 11) is 1.56. The normalized spacial score (nSPS) is 15.7. The van der Waals surface area contributed by atoms with Crippen molar-refractivity contribution in [2.75, 3.05) is 7.11 Å². The second-order valence-corrected chi connectivity index (χ2v) is 8.75. The molecule has 1 aliphatic heterocycles. The van der Waals surface area contributed by atoms with Crippen molar-refractivity contribution in [3.8, 4) is 11.5 Å². The van der Waals surface area contributed by atoms with Crippen LogP contribution in [0.1, 0.15) is 23.6 Å². The van der Waals surface area contributed by atoms with Crippen molar-refractivity contribution in [2.45, 2.75) is 20.0 Å². The van der Waals surface area contributed by atoms with Crippen molar-refractivity contribution in [1.82, 2.24) is 5.32 Å². The molecule has 3 aromatic rings. The maximum Gasteiger partial charge on any atom is 0.264 e. The lowest BCUT2D eigenvalue weighted by atomic mass is 10.1. The number of ether oxygens (including phenoxy) is 2. The third-order valence-electron chi connectivity index (χ3n) is 5.00. The predicted molar refractivity (Wildman–Crippen MR) is 135 cm³/mol. The molecule has 1 saturated heterocycles. The van der Waals surface area contributed by atoms with E-state index in [-0.39, 0.29) is 5.91 Å². The van der Waals surface area contributed by atoms with Crippen LogP contribution in [-0.4, -0.2) is 18.2 Å². The van der Waals surface area contributed by atoms with Gasteiger partial charge in [-0.2, -0.15) is 0 Å². The van der Waals surface area contributed by atoms with Crippen LogP contribution in [0.15, 0.2) is 76.6 Å². The number of aliphatic imine (C=N–C) groups is 1. The van der Waals surface area contributed by atoms with Gasteiger partial charge in [-0.25, -0.2) is 4.99 Å². The van der Waals surface area contributed by atoms with Crippen molar-refractivity contribution >= 4 is 46.2 Å². The number of thioether (sulfide) groups is 1. The SMILES string of the molecule is CCc1ccc(N=C2NC(=O)/C(=C/c3cc(Cl)c(OCc4ccccc4)c(OC)c3)S2)cc1. The smallest absolute Gasteiger partial charge is 0.264 e. The zero-order valence-electron chi connectivity index (χ0n) is 18.3. The third kappa shape index (κ3) is 5.78. The average Bonchev–Trinajstić information content (AvgIpc) is 3.17. The van der Waals surface area contributed by atoms with Crippen molar-refractivity contribution in [3.05, 3.63) is 93.3 Å². The topological polar surface area (TPSA) is 59.9 Å². The molecule has 1 N–H and O–H groups in total. The van der Waals surface area contributed by atoms with Gasteiger partial charge < -0.3 is 14.8 Å². The number of carbonyl (C=O) groups is 1. The van der Waals surface area contributed by atoms with E-state index >= 15 is 0 Å². The molecule has 1 amide bonds. The Labute approximate surface area is 202 Å². The lowest BCUT2D eigenvalue weighted by Gasteiger charge is -2.13. The van der Waals surface area contributed by atoms with Crippen molar-refractivity contribution in [1.29, 1.82) is 0 Å². The predicted octanol–water partition coefficient (Wildman–Crippen LogP) is 6.38. The number of hydrogen-bond donors (Lipinski definition) is 1. The molecular formula is C26H23ClN2O3S. The summed E-state index contributed by atoms with van der Waals surface area (Å²) < 4.78 is 11.4. The molecule has 1 fully saturated rings. The highest BCUT2D eigenvalue weighted by molar-refractivity contribution is 8.18. The fraction of sp³-hybridized carbons (Fsp3) is 0.154. The van der Waals surface area contributed by atoms with E-state index in [0.717, 1.165) is 23.2 Å². The van der Waals surface area contributed by atoms with Crippen molar-refractivity contribution in [2.24, 2.45) is 4.99 Å². The van der Waals surface area contributed by atoms with E-state index in [4.69, 9.17) is 21.1 Å². The number of nitrogens with one attached hydrogen (secondary N) is 1. The van der Waals surface area contributed by atoms with Gasteiger partial charge in [-0.1, -0.05) is 61.0 Å². The number of carbonyl (C=O) groups excluding carboxylic acids is 1. The summed E-state index contributed by atoms with van der Waals surface area (Å²) in [5, 5.41) is 3.76. The van der Waals surface area contributed by atoms with Gasteiger partial charge in [0.1, 0.15) is 6.61 Å². The molecule has 7 heteroatoms. The summed E-state index contributed by atoms with van der Waals surface area (Å²) in [6.07, 6.45) is 2.73. The lowest BCUT2D eigenvalue weighted by molar-refractivity contribution is -0.115. The Balaban J connectivity index is 1.52. The number of amidine groups is 1. The van der Waals surface area contributed by atoms with Gasteiger partial charge in [0.2, 0.25) is 0 Å². The first-order chi connectivity index (χ1) is 16.1. The molecule has 0 saturated carbocycles. The molecule has 4 rings (SSSR count). The third-order valence-corrected chi connectivity index (χ3v) is 6.19. The largest absolute Gasteiger partial charge is 0.493 e. The molecule has 0 aromatic heterocycles. The molecule has 0 radical (unpaired) electrons. The second kappa shape index (κ2) is 10.6. The quantitative estimate of drug-likeness (QED) is 0.400. The zero-order chi connectivity index (χ0) is 23.2. The van der Waals surface area contributed by atoms with Gasteiger partial charge in [-0.15, -0.1) is 0 Å². The minimum absolute atomic E-state index is 0.205. The van der Waals surface area contributed by atoms with Gasteiger partial charge in [0.25, 0.3) is 5.91 Å². The Morgan fingerprint density at radius 2 is 1.82 bits per heavy atom. The summed E-state index contributed by atoms with van der Waals surface area (Å²) in [5.41, 5.74) is 3.79. The number of aryl methyl sites for hydroxylation is 1. The number of halogens is 1. The molecule has 0 aliphatic carbocycles. The molecular weight excluding hydrogens is 456 g/mol. The minimum Gasteiger partial charge on any atom is -0.493 e. The Hall–Kier alpha value is -3.22. The fourth-order valence-electron chi connectivity index (χ4n) is 3.25. The molecule has 3 aromatic carbocycles. The second-order valence-electron chi connectivity index (χ2n) is 7.31. The summed E-state index contributed by atoms with van der Waals surface area (Å²) in [5.74, 6) is 0.758. The van der Waals surface area contributed by atoms with Crippen LogP contribution >= 0.6 is 23.4 Å². The van der Waals surface area contributed by atoms with Gasteiger partial charge in [-0.05, 0) is 65.2 Å². The summed E-state index contributed by atoms with van der Waals surface area (Å²) in [4.78, 5) is 17.5. The van der Waals surface area contributed by atoms with Gasteiger partial charge in [0, 0.05) is 0 Å². The maximum atomic E-state index is 12.5. The highest BCUT2D eigenvalue weighted by Gasteiger charge is 2.24. The van der Waals surface area contributed by atoms with E-state index in [1.165, 1.54) is 17.3 Å². The van der Waals surface area contributed by atoms with Crippen LogP contribution in [-0.2, 0) is 17.8 Å². The van der Waals surface area contributed by atoms with E-state index in [0.29, 0.717) is 33.2 Å². The first kappa shape index (κ1) is 23.0. The molecule has 0 spiro atoms. The molecule has 33 heavy (non-hydrogen) atoms. The number of hydrogen-bond acceptors (Lipinski definition) is 5. The van der Waals surface area contributed by atoms with Crippen molar-refractivity contribution < 1.29 is 14.3 Å². The van der Waals surface area contributed by atoms with Crippen LogP contribution in [0.4, 0.5) is 5.69 Å². The zero-order valence-corrected chi connectivity index (χ0v) is 19.9. The minimum atomic E-state index is -0.205. The number of methoxy groups -OCH3 is 1. The van der Waals surface area contributed by atoms with E-state index in [1.807, 2.05) is 54.6 Å². The van der Waals surface area contributed by atoms with E-state index in [1.54, 1.807) is 25.3 Å². The Morgan fingerprint density at radius 3 is 2.52 bits per heavy atom. The van der Waals surface area contributed by atoms with Crippen molar-refractivity contribution in [3.63, 3.8) is 0 Å². The monoisotopic (exact) mass is 478 g/mol. The van der Waals surface area contributed by atoms with Crippen LogP contribution < -0.4 is 14.8 Å². The van der Waals surface area contributed by atoms with Gasteiger partial charge >= 0.3 is 0 Å². The molecule has 1 heterocycles. The fourth-order valence-corrected chi connectivity index (χ4v) is 4.36. The van der Waals surface area contributed by atoms with Gasteiger partial charge in [0.05, 0.1) is 22.7 Å². The van der Waals surface area contributed by atoms with Crippen LogP contribution in [0.25, 0.3) is 6.08 Å². The summed E-state index contributed by atoms with van der Waals surface area (Å²) in [6, 6.07) is 21.3. The Kier molecular flexibility index (Phi) is 7.37. The first-order valence-electron chi connectivity index (χ1n) is 10.5. The highest BCUT2D eigenvalue weighted by atomic mass is 35.5. The van der Waals surface area contributed by atoms with Crippen LogP contribution in [0.3, 0.4) is 0 Å².